The molecule has 2 heterocycles. The van der Waals surface area contributed by atoms with Gasteiger partial charge in [-0.3, -0.25) is 4.79 Å². The molecule has 0 atom stereocenters. The molecule has 130 valence electrons. The van der Waals surface area contributed by atoms with Crippen LogP contribution in [-0.4, -0.2) is 21.2 Å². The van der Waals surface area contributed by atoms with E-state index >= 15 is 0 Å². The number of nitrogens with zero attached hydrogens (tertiary/aromatic N) is 3. The molecule has 7 heteroatoms. The minimum Gasteiger partial charge on any atom is -0.494 e. The Morgan fingerprint density at radius 2 is 1.77 bits per heavy atom. The third kappa shape index (κ3) is 3.15. The van der Waals surface area contributed by atoms with Crippen LogP contribution < -0.4 is 10.3 Å². The summed E-state index contributed by atoms with van der Waals surface area (Å²) in [7, 11) is 0. The van der Waals surface area contributed by atoms with Crippen LogP contribution in [0.1, 0.15) is 6.92 Å². The Bertz CT molecular complexity index is 1120. The summed E-state index contributed by atoms with van der Waals surface area (Å²) in [6, 6.07) is 15.3. The van der Waals surface area contributed by atoms with Gasteiger partial charge < -0.3 is 4.74 Å². The zero-order chi connectivity index (χ0) is 18.1. The van der Waals surface area contributed by atoms with Crippen LogP contribution in [-0.2, 0) is 0 Å². The standard InChI is InChI=1S/C19H14BrN3O2S/c1-2-25-15-9-5-13(6-10-15)17-18(24)21-19-23(22-17)16(11-26-19)12-3-7-14(20)8-4-12/h3-11H,2H2,1H3. The molecule has 0 radical (unpaired) electrons. The number of halogens is 1. The largest absolute Gasteiger partial charge is 0.494 e. The molecule has 2 aromatic carbocycles. The van der Waals surface area contributed by atoms with E-state index in [1.165, 1.54) is 11.3 Å². The summed E-state index contributed by atoms with van der Waals surface area (Å²) in [5.74, 6) is 0.761. The van der Waals surface area contributed by atoms with E-state index in [2.05, 4.69) is 26.0 Å². The molecule has 0 bridgehead atoms. The Kier molecular flexibility index (Phi) is 4.57. The van der Waals surface area contributed by atoms with Crippen molar-refractivity contribution >= 4 is 32.2 Å². The van der Waals surface area contributed by atoms with Crippen LogP contribution in [0.4, 0.5) is 0 Å². The Morgan fingerprint density at radius 1 is 1.08 bits per heavy atom. The average Bonchev–Trinajstić information content (AvgIpc) is 3.05. The minimum atomic E-state index is -0.335. The third-order valence-electron chi connectivity index (χ3n) is 3.86. The molecule has 0 saturated heterocycles. The first-order chi connectivity index (χ1) is 12.7. The molecule has 0 aliphatic heterocycles. The first-order valence-corrected chi connectivity index (χ1v) is 9.70. The molecule has 0 N–H and O–H groups in total. The molecular weight excluding hydrogens is 414 g/mol. The molecular formula is C19H14BrN3O2S. The lowest BCUT2D eigenvalue weighted by Gasteiger charge is -2.06. The molecule has 0 spiro atoms. The van der Waals surface area contributed by atoms with Gasteiger partial charge in [0.05, 0.1) is 12.3 Å². The predicted octanol–water partition coefficient (Wildman–Crippen LogP) is 4.65. The fourth-order valence-electron chi connectivity index (χ4n) is 2.63. The Balaban J connectivity index is 1.83. The predicted molar refractivity (Wildman–Crippen MR) is 107 cm³/mol. The second-order valence-electron chi connectivity index (χ2n) is 5.55. The van der Waals surface area contributed by atoms with E-state index in [1.807, 2.05) is 60.8 Å². The van der Waals surface area contributed by atoms with Gasteiger partial charge in [-0.15, -0.1) is 11.3 Å². The van der Waals surface area contributed by atoms with Gasteiger partial charge in [-0.1, -0.05) is 28.1 Å². The summed E-state index contributed by atoms with van der Waals surface area (Å²) in [6.07, 6.45) is 0. The molecule has 2 aromatic heterocycles. The SMILES string of the molecule is CCOc1ccc(-c2nn3c(-c4ccc(Br)cc4)csc3nc2=O)cc1. The highest BCUT2D eigenvalue weighted by Crippen LogP contribution is 2.26. The van der Waals surface area contributed by atoms with Crippen molar-refractivity contribution in [2.45, 2.75) is 6.92 Å². The van der Waals surface area contributed by atoms with E-state index in [9.17, 15) is 4.79 Å². The molecule has 4 aromatic rings. The maximum atomic E-state index is 12.4. The van der Waals surface area contributed by atoms with E-state index in [1.54, 1.807) is 4.52 Å². The third-order valence-corrected chi connectivity index (χ3v) is 5.21. The lowest BCUT2D eigenvalue weighted by Crippen LogP contribution is -2.14. The zero-order valence-corrected chi connectivity index (χ0v) is 16.3. The number of benzene rings is 2. The van der Waals surface area contributed by atoms with Crippen molar-refractivity contribution in [2.24, 2.45) is 0 Å². The van der Waals surface area contributed by atoms with Crippen LogP contribution in [0.25, 0.3) is 27.5 Å². The van der Waals surface area contributed by atoms with Gasteiger partial charge in [0.2, 0.25) is 4.96 Å². The second-order valence-corrected chi connectivity index (χ2v) is 7.30. The van der Waals surface area contributed by atoms with Gasteiger partial charge >= 0.3 is 5.56 Å². The second kappa shape index (κ2) is 7.01. The quantitative estimate of drug-likeness (QED) is 0.475. The van der Waals surface area contributed by atoms with Gasteiger partial charge in [0, 0.05) is 21.0 Å². The van der Waals surface area contributed by atoms with Gasteiger partial charge in [0.15, 0.2) is 5.69 Å². The first-order valence-electron chi connectivity index (χ1n) is 8.03. The van der Waals surface area contributed by atoms with E-state index in [4.69, 9.17) is 4.74 Å². The lowest BCUT2D eigenvalue weighted by atomic mass is 10.1. The van der Waals surface area contributed by atoms with Crippen molar-refractivity contribution in [1.82, 2.24) is 14.6 Å². The van der Waals surface area contributed by atoms with Gasteiger partial charge in [-0.05, 0) is 43.3 Å². The van der Waals surface area contributed by atoms with Crippen molar-refractivity contribution in [1.29, 1.82) is 0 Å². The van der Waals surface area contributed by atoms with Crippen LogP contribution in [0.2, 0.25) is 0 Å². The molecule has 5 nitrogen and oxygen atoms in total. The van der Waals surface area contributed by atoms with Crippen molar-refractivity contribution in [3.63, 3.8) is 0 Å². The molecule has 0 aliphatic rings. The summed E-state index contributed by atoms with van der Waals surface area (Å²) in [6.45, 7) is 2.53. The topological polar surface area (TPSA) is 56.5 Å². The van der Waals surface area contributed by atoms with Crippen LogP contribution in [0, 0.1) is 0 Å². The Labute approximate surface area is 162 Å². The lowest BCUT2D eigenvalue weighted by molar-refractivity contribution is 0.340. The summed E-state index contributed by atoms with van der Waals surface area (Å²) >= 11 is 4.84. The minimum absolute atomic E-state index is 0.322. The summed E-state index contributed by atoms with van der Waals surface area (Å²) in [4.78, 5) is 17.2. The van der Waals surface area contributed by atoms with Crippen LogP contribution >= 0.6 is 27.3 Å². The number of rotatable bonds is 4. The van der Waals surface area contributed by atoms with Gasteiger partial charge in [0.1, 0.15) is 5.75 Å². The Morgan fingerprint density at radius 3 is 2.46 bits per heavy atom. The summed E-state index contributed by atoms with van der Waals surface area (Å²) in [5.41, 5.74) is 2.61. The monoisotopic (exact) mass is 427 g/mol. The fourth-order valence-corrected chi connectivity index (χ4v) is 3.72. The van der Waals surface area contributed by atoms with Gasteiger partial charge in [0.25, 0.3) is 0 Å². The normalized spacial score (nSPS) is 11.0. The Hall–Kier alpha value is -2.51. The summed E-state index contributed by atoms with van der Waals surface area (Å²) in [5, 5.41) is 6.54. The highest BCUT2D eigenvalue weighted by atomic mass is 79.9. The van der Waals surface area contributed by atoms with E-state index < -0.39 is 0 Å². The molecule has 0 aliphatic carbocycles. The highest BCUT2D eigenvalue weighted by Gasteiger charge is 2.13. The maximum Gasteiger partial charge on any atom is 0.300 e. The van der Waals surface area contributed by atoms with Crippen molar-refractivity contribution in [2.75, 3.05) is 6.61 Å². The van der Waals surface area contributed by atoms with Crippen LogP contribution in [0.5, 0.6) is 5.75 Å². The van der Waals surface area contributed by atoms with Gasteiger partial charge in [-0.25, -0.2) is 4.52 Å². The van der Waals surface area contributed by atoms with E-state index in [0.29, 0.717) is 22.8 Å². The molecule has 0 unspecified atom stereocenters. The van der Waals surface area contributed by atoms with Crippen molar-refractivity contribution < 1.29 is 4.74 Å². The molecule has 0 saturated carbocycles. The van der Waals surface area contributed by atoms with Gasteiger partial charge in [-0.2, -0.15) is 10.1 Å². The molecule has 4 rings (SSSR count). The van der Waals surface area contributed by atoms with E-state index in [0.717, 1.165) is 21.5 Å². The number of aromatic nitrogens is 3. The number of hydrogen-bond donors (Lipinski definition) is 0. The number of fused-ring (bicyclic) bond motifs is 1. The molecule has 0 fully saturated rings. The smallest absolute Gasteiger partial charge is 0.300 e. The number of thiazole rings is 1. The van der Waals surface area contributed by atoms with Crippen molar-refractivity contribution in [3.8, 4) is 28.3 Å². The van der Waals surface area contributed by atoms with Crippen molar-refractivity contribution in [3.05, 3.63) is 68.7 Å². The number of hydrogen-bond acceptors (Lipinski definition) is 5. The average molecular weight is 428 g/mol. The summed E-state index contributed by atoms with van der Waals surface area (Å²) < 4.78 is 8.18. The number of ether oxygens (including phenoxy) is 1. The van der Waals surface area contributed by atoms with Crippen LogP contribution in [0.15, 0.2) is 63.2 Å². The fraction of sp³-hybridized carbons (Fsp3) is 0.105. The first kappa shape index (κ1) is 16.9. The maximum absolute atomic E-state index is 12.4. The molecule has 0 amide bonds. The zero-order valence-electron chi connectivity index (χ0n) is 13.8. The highest BCUT2D eigenvalue weighted by molar-refractivity contribution is 9.10. The molecule has 26 heavy (non-hydrogen) atoms. The van der Waals surface area contributed by atoms with Crippen LogP contribution in [0.3, 0.4) is 0 Å². The van der Waals surface area contributed by atoms with E-state index in [-0.39, 0.29) is 5.56 Å².